The summed E-state index contributed by atoms with van der Waals surface area (Å²) in [6.07, 6.45) is 42.3. The number of allylic oxidation sites excluding steroid dienone is 1. The highest BCUT2D eigenvalue weighted by molar-refractivity contribution is 5.80. The molecular weight excluding hydrogens is 570 g/mol. The predicted octanol–water partition coefficient (Wildman–Crippen LogP) is 11.3. The summed E-state index contributed by atoms with van der Waals surface area (Å²) in [6, 6.07) is -0.791. The fraction of sp³-hybridized carbons (Fsp3) is 0.927. The van der Waals surface area contributed by atoms with E-state index < -0.39 is 24.2 Å². The Bertz CT molecular complexity index is 640. The molecule has 0 aliphatic heterocycles. The molecule has 0 aliphatic rings. The maximum atomic E-state index is 12.4. The van der Waals surface area contributed by atoms with Gasteiger partial charge in [0.15, 0.2) is 0 Å². The maximum absolute atomic E-state index is 12.4. The lowest BCUT2D eigenvalue weighted by molar-refractivity contribution is -0.131. The molecule has 0 saturated heterocycles. The summed E-state index contributed by atoms with van der Waals surface area (Å²) >= 11 is 0. The van der Waals surface area contributed by atoms with Crippen LogP contribution in [0.25, 0.3) is 0 Å². The summed E-state index contributed by atoms with van der Waals surface area (Å²) in [4.78, 5) is 12.4. The standard InChI is InChI=1S/C41H81NO4/c1-3-5-7-9-11-13-15-17-19-21-23-25-27-29-31-33-35-39(44)38(37-43)42-41(46)40(45)36-34-32-30-28-26-24-22-20-18-16-14-12-10-8-6-4-2/h33,35,38-40,43-45H,3-32,34,36-37H2,1-2H3,(H,42,46)/b35-33+. The number of nitrogens with one attached hydrogen (secondary N) is 1. The summed E-state index contributed by atoms with van der Waals surface area (Å²) in [5.74, 6) is -0.501. The molecule has 3 unspecified atom stereocenters. The van der Waals surface area contributed by atoms with Crippen molar-refractivity contribution >= 4 is 5.91 Å². The minimum absolute atomic E-state index is 0.359. The van der Waals surface area contributed by atoms with E-state index in [-0.39, 0.29) is 6.61 Å². The molecule has 0 spiro atoms. The van der Waals surface area contributed by atoms with Crippen molar-refractivity contribution in [3.8, 4) is 0 Å². The molecule has 0 bridgehead atoms. The molecule has 0 fully saturated rings. The second-order valence-corrected chi connectivity index (χ2v) is 14.2. The fourth-order valence-corrected chi connectivity index (χ4v) is 6.36. The van der Waals surface area contributed by atoms with Crippen LogP contribution in [0, 0.1) is 0 Å². The molecule has 46 heavy (non-hydrogen) atoms. The molecular formula is C41H81NO4. The van der Waals surface area contributed by atoms with Gasteiger partial charge in [0.05, 0.1) is 18.8 Å². The monoisotopic (exact) mass is 652 g/mol. The Labute approximate surface area is 287 Å². The third-order valence-electron chi connectivity index (χ3n) is 9.63. The maximum Gasteiger partial charge on any atom is 0.249 e. The first-order valence-corrected chi connectivity index (χ1v) is 20.5. The van der Waals surface area contributed by atoms with Crippen molar-refractivity contribution in [2.24, 2.45) is 0 Å². The van der Waals surface area contributed by atoms with E-state index in [9.17, 15) is 20.1 Å². The van der Waals surface area contributed by atoms with Crippen LogP contribution in [0.15, 0.2) is 12.2 Å². The summed E-state index contributed by atoms with van der Waals surface area (Å²) in [7, 11) is 0. The van der Waals surface area contributed by atoms with E-state index in [0.29, 0.717) is 6.42 Å². The Hall–Kier alpha value is -0.910. The highest BCUT2D eigenvalue weighted by Gasteiger charge is 2.22. The van der Waals surface area contributed by atoms with E-state index in [1.165, 1.54) is 167 Å². The van der Waals surface area contributed by atoms with Crippen molar-refractivity contribution in [2.75, 3.05) is 6.61 Å². The zero-order valence-corrected chi connectivity index (χ0v) is 31.0. The Morgan fingerprint density at radius 3 is 1.20 bits per heavy atom. The van der Waals surface area contributed by atoms with Gasteiger partial charge in [-0.05, 0) is 19.3 Å². The topological polar surface area (TPSA) is 89.8 Å². The SMILES string of the molecule is CCCCCCCCCCCCCCCC/C=C/C(O)C(CO)NC(=O)C(O)CCCCCCCCCCCCCCCCCC. The molecule has 1 amide bonds. The zero-order chi connectivity index (χ0) is 33.8. The number of aliphatic hydroxyl groups excluding tert-OH is 3. The number of carbonyl (C=O) groups is 1. The number of amides is 1. The van der Waals surface area contributed by atoms with Gasteiger partial charge in [-0.25, -0.2) is 0 Å². The quantitative estimate of drug-likeness (QED) is 0.0397. The van der Waals surface area contributed by atoms with Crippen molar-refractivity contribution in [3.63, 3.8) is 0 Å². The third kappa shape index (κ3) is 31.7. The van der Waals surface area contributed by atoms with Crippen molar-refractivity contribution in [3.05, 3.63) is 12.2 Å². The molecule has 0 rings (SSSR count). The first-order chi connectivity index (χ1) is 22.6. The molecule has 0 aromatic rings. The van der Waals surface area contributed by atoms with E-state index in [4.69, 9.17) is 0 Å². The van der Waals surface area contributed by atoms with Crippen LogP contribution in [0.1, 0.15) is 219 Å². The number of carbonyl (C=O) groups excluding carboxylic acids is 1. The number of aliphatic hydroxyl groups is 3. The van der Waals surface area contributed by atoms with Crippen LogP contribution in [0.3, 0.4) is 0 Å². The van der Waals surface area contributed by atoms with Gasteiger partial charge in [0.25, 0.3) is 0 Å². The molecule has 274 valence electrons. The highest BCUT2D eigenvalue weighted by Crippen LogP contribution is 2.16. The summed E-state index contributed by atoms with van der Waals surface area (Å²) in [5, 5.41) is 33.1. The van der Waals surface area contributed by atoms with Crippen molar-refractivity contribution in [1.82, 2.24) is 5.32 Å². The van der Waals surface area contributed by atoms with E-state index in [2.05, 4.69) is 19.2 Å². The minimum Gasteiger partial charge on any atom is -0.394 e. The van der Waals surface area contributed by atoms with E-state index in [0.717, 1.165) is 32.1 Å². The number of rotatable bonds is 37. The first-order valence-electron chi connectivity index (χ1n) is 20.5. The van der Waals surface area contributed by atoms with Crippen LogP contribution in [-0.2, 0) is 4.79 Å². The molecule has 0 saturated carbocycles. The Kier molecular flexibility index (Phi) is 36.2. The smallest absolute Gasteiger partial charge is 0.249 e. The van der Waals surface area contributed by atoms with E-state index in [1.54, 1.807) is 6.08 Å². The number of hydrogen-bond acceptors (Lipinski definition) is 4. The lowest BCUT2D eigenvalue weighted by Gasteiger charge is -2.21. The highest BCUT2D eigenvalue weighted by atomic mass is 16.3. The molecule has 0 aliphatic carbocycles. The first kappa shape index (κ1) is 45.1. The van der Waals surface area contributed by atoms with Crippen LogP contribution in [0.5, 0.6) is 0 Å². The van der Waals surface area contributed by atoms with E-state index in [1.807, 2.05) is 6.08 Å². The second kappa shape index (κ2) is 36.9. The molecule has 3 atom stereocenters. The normalized spacial score (nSPS) is 13.8. The van der Waals surface area contributed by atoms with Gasteiger partial charge >= 0.3 is 0 Å². The predicted molar refractivity (Wildman–Crippen MR) is 199 cm³/mol. The average Bonchev–Trinajstić information content (AvgIpc) is 3.06. The van der Waals surface area contributed by atoms with Crippen molar-refractivity contribution in [2.45, 2.75) is 238 Å². The van der Waals surface area contributed by atoms with Crippen LogP contribution in [0.4, 0.5) is 0 Å². The second-order valence-electron chi connectivity index (χ2n) is 14.2. The zero-order valence-electron chi connectivity index (χ0n) is 31.0. The third-order valence-corrected chi connectivity index (χ3v) is 9.63. The lowest BCUT2D eigenvalue weighted by atomic mass is 10.0. The van der Waals surface area contributed by atoms with Gasteiger partial charge in [0.2, 0.25) is 5.91 Å². The van der Waals surface area contributed by atoms with Crippen LogP contribution >= 0.6 is 0 Å². The Morgan fingerprint density at radius 1 is 0.522 bits per heavy atom. The van der Waals surface area contributed by atoms with Gasteiger partial charge in [-0.15, -0.1) is 0 Å². The molecule has 5 heteroatoms. The Balaban J connectivity index is 3.68. The van der Waals surface area contributed by atoms with Crippen molar-refractivity contribution < 1.29 is 20.1 Å². The van der Waals surface area contributed by atoms with Gasteiger partial charge in [-0.3, -0.25) is 4.79 Å². The van der Waals surface area contributed by atoms with Crippen molar-refractivity contribution in [1.29, 1.82) is 0 Å². The minimum atomic E-state index is -1.09. The van der Waals surface area contributed by atoms with Crippen LogP contribution in [-0.4, -0.2) is 46.1 Å². The molecule has 5 nitrogen and oxygen atoms in total. The van der Waals surface area contributed by atoms with Crippen LogP contribution in [0.2, 0.25) is 0 Å². The van der Waals surface area contributed by atoms with Gasteiger partial charge < -0.3 is 20.6 Å². The number of hydrogen-bond donors (Lipinski definition) is 4. The molecule has 0 aromatic carbocycles. The van der Waals surface area contributed by atoms with Gasteiger partial charge in [0, 0.05) is 0 Å². The molecule has 4 N–H and O–H groups in total. The summed E-state index contributed by atoms with van der Waals surface area (Å²) in [6.45, 7) is 4.19. The molecule has 0 heterocycles. The van der Waals surface area contributed by atoms with E-state index >= 15 is 0 Å². The van der Waals surface area contributed by atoms with Gasteiger partial charge in [0.1, 0.15) is 6.10 Å². The Morgan fingerprint density at radius 2 is 0.848 bits per heavy atom. The average molecular weight is 652 g/mol. The largest absolute Gasteiger partial charge is 0.394 e. The molecule has 0 radical (unpaired) electrons. The van der Waals surface area contributed by atoms with Gasteiger partial charge in [-0.1, -0.05) is 212 Å². The fourth-order valence-electron chi connectivity index (χ4n) is 6.36. The van der Waals surface area contributed by atoms with Crippen LogP contribution < -0.4 is 5.32 Å². The summed E-state index contributed by atoms with van der Waals surface area (Å²) in [5.41, 5.74) is 0. The van der Waals surface area contributed by atoms with Gasteiger partial charge in [-0.2, -0.15) is 0 Å². The lowest BCUT2D eigenvalue weighted by Crippen LogP contribution is -2.48. The summed E-state index contributed by atoms with van der Waals surface area (Å²) < 4.78 is 0. The molecule has 0 aromatic heterocycles. The number of unbranched alkanes of at least 4 members (excludes halogenated alkanes) is 29.